The Balaban J connectivity index is 1.30. The van der Waals surface area contributed by atoms with E-state index in [0.29, 0.717) is 30.2 Å². The number of sulfone groups is 1. The Hall–Kier alpha value is -2.71. The summed E-state index contributed by atoms with van der Waals surface area (Å²) in [6.07, 6.45) is 3.71. The fourth-order valence-corrected chi connectivity index (χ4v) is 8.26. The van der Waals surface area contributed by atoms with Crippen molar-refractivity contribution in [1.82, 2.24) is 24.6 Å². The lowest BCUT2D eigenvalue weighted by atomic mass is 10.1. The molecule has 210 valence electrons. The minimum atomic E-state index is -4.72. The van der Waals surface area contributed by atoms with Crippen LogP contribution in [0.3, 0.4) is 0 Å². The number of piperidine rings is 1. The monoisotopic (exact) mass is 581 g/mol. The maximum atomic E-state index is 14.0. The zero-order valence-corrected chi connectivity index (χ0v) is 23.1. The number of halogens is 3. The van der Waals surface area contributed by atoms with Crippen LogP contribution >= 0.6 is 11.3 Å². The van der Waals surface area contributed by atoms with Crippen molar-refractivity contribution in [2.45, 2.75) is 68.6 Å². The third-order valence-electron chi connectivity index (χ3n) is 7.59. The van der Waals surface area contributed by atoms with Crippen molar-refractivity contribution in [2.24, 2.45) is 0 Å². The predicted molar refractivity (Wildman–Crippen MR) is 143 cm³/mol. The van der Waals surface area contributed by atoms with Gasteiger partial charge in [-0.25, -0.2) is 18.4 Å². The van der Waals surface area contributed by atoms with Crippen LogP contribution in [0, 0.1) is 0 Å². The van der Waals surface area contributed by atoms with Crippen molar-refractivity contribution in [3.8, 4) is 10.6 Å². The average molecular weight is 582 g/mol. The van der Waals surface area contributed by atoms with Crippen molar-refractivity contribution in [3.63, 3.8) is 0 Å². The van der Waals surface area contributed by atoms with Gasteiger partial charge >= 0.3 is 6.18 Å². The summed E-state index contributed by atoms with van der Waals surface area (Å²) in [4.78, 5) is 10.9. The normalized spacial score (nSPS) is 20.3. The molecular formula is C25H30F3N7O2S2. The Kier molecular flexibility index (Phi) is 6.82. The third kappa shape index (κ3) is 5.38. The first-order valence-corrected chi connectivity index (χ1v) is 15.7. The van der Waals surface area contributed by atoms with E-state index in [1.165, 1.54) is 18.9 Å². The number of rotatable bonds is 6. The van der Waals surface area contributed by atoms with Gasteiger partial charge in [0.2, 0.25) is 5.95 Å². The molecule has 1 aliphatic carbocycles. The molecule has 0 bridgehead atoms. The van der Waals surface area contributed by atoms with Crippen molar-refractivity contribution in [1.29, 1.82) is 0 Å². The zero-order valence-electron chi connectivity index (χ0n) is 21.5. The molecule has 1 saturated carbocycles. The Labute approximate surface area is 228 Å². The summed E-state index contributed by atoms with van der Waals surface area (Å²) in [5.74, 6) is 0.424. The first kappa shape index (κ1) is 26.5. The largest absolute Gasteiger partial charge is 0.420 e. The Bertz CT molecular complexity index is 1470. The van der Waals surface area contributed by atoms with Crippen molar-refractivity contribution >= 4 is 37.9 Å². The van der Waals surface area contributed by atoms with Gasteiger partial charge in [-0.2, -0.15) is 18.3 Å². The van der Waals surface area contributed by atoms with Crippen molar-refractivity contribution in [2.75, 3.05) is 36.0 Å². The molecule has 0 atom stereocenters. The van der Waals surface area contributed by atoms with Gasteiger partial charge in [-0.05, 0) is 44.6 Å². The van der Waals surface area contributed by atoms with E-state index in [0.717, 1.165) is 55.1 Å². The molecule has 0 amide bonds. The van der Waals surface area contributed by atoms with E-state index in [1.807, 2.05) is 17.8 Å². The van der Waals surface area contributed by atoms with Gasteiger partial charge in [-0.3, -0.25) is 4.68 Å². The number of aromatic nitrogens is 4. The molecule has 39 heavy (non-hydrogen) atoms. The highest BCUT2D eigenvalue weighted by Gasteiger charge is 2.37. The molecule has 3 aromatic heterocycles. The minimum absolute atomic E-state index is 0.0148. The summed E-state index contributed by atoms with van der Waals surface area (Å²) in [7, 11) is -3.60. The number of hydrogen-bond donors (Lipinski definition) is 2. The van der Waals surface area contributed by atoms with Crippen molar-refractivity contribution in [3.05, 3.63) is 29.6 Å². The van der Waals surface area contributed by atoms with Gasteiger partial charge in [0.15, 0.2) is 15.7 Å². The van der Waals surface area contributed by atoms with Crippen molar-refractivity contribution < 1.29 is 21.6 Å². The van der Waals surface area contributed by atoms with Gasteiger partial charge in [-0.1, -0.05) is 6.92 Å². The lowest BCUT2D eigenvalue weighted by Gasteiger charge is -2.32. The molecule has 2 N–H and O–H groups in total. The summed E-state index contributed by atoms with van der Waals surface area (Å²) in [6, 6.07) is 2.29. The molecule has 3 aliphatic rings. The van der Waals surface area contributed by atoms with Gasteiger partial charge in [0.25, 0.3) is 0 Å². The van der Waals surface area contributed by atoms with E-state index in [4.69, 9.17) is 5.10 Å². The number of aryl methyl sites for hydroxylation is 1. The fraction of sp³-hybridized carbons (Fsp3) is 0.560. The Morgan fingerprint density at radius 1 is 1.18 bits per heavy atom. The lowest BCUT2D eigenvalue weighted by Crippen LogP contribution is -2.36. The predicted octanol–water partition coefficient (Wildman–Crippen LogP) is 5.12. The molecular weight excluding hydrogens is 551 g/mol. The summed E-state index contributed by atoms with van der Waals surface area (Å²) in [6.45, 7) is 4.50. The average Bonchev–Trinajstić information content (AvgIpc) is 3.56. The number of nitrogens with zero attached hydrogens (tertiary/aromatic N) is 5. The number of hydrogen-bond acceptors (Lipinski definition) is 9. The van der Waals surface area contributed by atoms with Gasteiger partial charge in [-0.15, -0.1) is 11.3 Å². The maximum absolute atomic E-state index is 14.0. The van der Waals surface area contributed by atoms with Crippen LogP contribution in [0.4, 0.5) is 29.9 Å². The fourth-order valence-electron chi connectivity index (χ4n) is 5.30. The second-order valence-corrected chi connectivity index (χ2v) is 13.4. The van der Waals surface area contributed by atoms with E-state index in [-0.39, 0.29) is 33.2 Å². The molecule has 0 spiro atoms. The van der Waals surface area contributed by atoms with Crippen LogP contribution in [0.1, 0.15) is 56.2 Å². The molecule has 14 heteroatoms. The second kappa shape index (κ2) is 10.0. The lowest BCUT2D eigenvalue weighted by molar-refractivity contribution is -0.137. The Morgan fingerprint density at radius 2 is 1.95 bits per heavy atom. The van der Waals surface area contributed by atoms with Gasteiger partial charge in [0.1, 0.15) is 15.5 Å². The number of anilines is 3. The van der Waals surface area contributed by atoms with Crippen LogP contribution in [-0.4, -0.2) is 64.5 Å². The highest BCUT2D eigenvalue weighted by molar-refractivity contribution is 7.91. The summed E-state index contributed by atoms with van der Waals surface area (Å²) in [5, 5.41) is 11.1. The smallest absolute Gasteiger partial charge is 0.376 e. The molecule has 5 heterocycles. The molecule has 3 aromatic rings. The molecule has 6 rings (SSSR count). The van der Waals surface area contributed by atoms with E-state index in [9.17, 15) is 21.6 Å². The zero-order chi connectivity index (χ0) is 27.4. The molecule has 9 nitrogen and oxygen atoms in total. The van der Waals surface area contributed by atoms with Gasteiger partial charge in [0.05, 0.1) is 22.4 Å². The molecule has 0 radical (unpaired) electrons. The van der Waals surface area contributed by atoms with Crippen LogP contribution < -0.4 is 10.6 Å². The number of likely N-dealkylation sites (tertiary alicyclic amines) is 1. The first-order chi connectivity index (χ1) is 18.6. The SMILES string of the molecule is CCc1cn(C2CCN(C3CC3)CC2)nc1Nc1ncc(C(F)(F)F)c(-c2cc3c(s2)NCCCS3(=O)=O)n1. The number of alkyl halides is 3. The van der Waals surface area contributed by atoms with Crippen LogP contribution in [0.5, 0.6) is 0 Å². The minimum Gasteiger partial charge on any atom is -0.376 e. The topological polar surface area (TPSA) is 105 Å². The van der Waals surface area contributed by atoms with E-state index < -0.39 is 21.6 Å². The number of fused-ring (bicyclic) bond motifs is 1. The number of thiophene rings is 1. The molecule has 1 saturated heterocycles. The standard InChI is InChI=1S/C25H30F3N7O2S2/c1-2-15-14-35(17-6-9-34(10-7-17)16-4-5-16)33-22(15)32-24-30-13-18(25(26,27)28)21(31-24)19-12-20-23(38-19)29-8-3-11-39(20,36)37/h12-14,16-17,29H,2-11H2,1H3,(H,30,31,32,33). The maximum Gasteiger partial charge on any atom is 0.420 e. The summed E-state index contributed by atoms with van der Waals surface area (Å²) >= 11 is 0.954. The van der Waals surface area contributed by atoms with Crippen LogP contribution in [0.25, 0.3) is 10.6 Å². The summed E-state index contributed by atoms with van der Waals surface area (Å²) in [5.41, 5.74) is -0.465. The Morgan fingerprint density at radius 3 is 2.64 bits per heavy atom. The highest BCUT2D eigenvalue weighted by atomic mass is 32.2. The quantitative estimate of drug-likeness (QED) is 0.414. The van der Waals surface area contributed by atoms with Crippen LogP contribution in [0.15, 0.2) is 23.4 Å². The highest BCUT2D eigenvalue weighted by Crippen LogP contribution is 2.44. The second-order valence-electron chi connectivity index (χ2n) is 10.3. The molecule has 2 aliphatic heterocycles. The van der Waals surface area contributed by atoms with Crippen LogP contribution in [-0.2, 0) is 22.4 Å². The van der Waals surface area contributed by atoms with E-state index in [1.54, 1.807) is 0 Å². The first-order valence-electron chi connectivity index (χ1n) is 13.3. The molecule has 2 fully saturated rings. The van der Waals surface area contributed by atoms with Crippen LogP contribution in [0.2, 0.25) is 0 Å². The molecule has 0 aromatic carbocycles. The van der Waals surface area contributed by atoms with Gasteiger partial charge in [0, 0.05) is 43.6 Å². The van der Waals surface area contributed by atoms with E-state index in [2.05, 4.69) is 25.5 Å². The van der Waals surface area contributed by atoms with Gasteiger partial charge < -0.3 is 15.5 Å². The molecule has 0 unspecified atom stereocenters. The van der Waals surface area contributed by atoms with E-state index >= 15 is 0 Å². The number of nitrogens with one attached hydrogen (secondary N) is 2. The summed E-state index contributed by atoms with van der Waals surface area (Å²) < 4.78 is 69.2. The third-order valence-corrected chi connectivity index (χ3v) is 10.6.